The van der Waals surface area contributed by atoms with Crippen molar-refractivity contribution in [1.29, 1.82) is 0 Å². The van der Waals surface area contributed by atoms with Crippen LogP contribution in [-0.4, -0.2) is 55.5 Å². The summed E-state index contributed by atoms with van der Waals surface area (Å²) >= 11 is 0. The van der Waals surface area contributed by atoms with Crippen LogP contribution < -0.4 is 0 Å². The summed E-state index contributed by atoms with van der Waals surface area (Å²) in [6.07, 6.45) is -0.718. The molecule has 0 bridgehead atoms. The fraction of sp³-hybridized carbons (Fsp3) is 1.00. The van der Waals surface area contributed by atoms with Gasteiger partial charge >= 0.3 is 18.9 Å². The standard InChI is InChI=1S/C4H10O3.ClH.Li.H/c1-7-3-4(6)2-5;;;/h4-6H,2-3H2,1H3;1H;;. The van der Waals surface area contributed by atoms with Gasteiger partial charge in [-0.3, -0.25) is 0 Å². The number of aliphatic hydroxyl groups excluding tert-OH is 2. The molecule has 0 aromatic rings. The summed E-state index contributed by atoms with van der Waals surface area (Å²) in [5.74, 6) is 0. The monoisotopic (exact) mass is 150 g/mol. The van der Waals surface area contributed by atoms with E-state index in [9.17, 15) is 0 Å². The molecule has 1 atom stereocenters. The van der Waals surface area contributed by atoms with Crippen molar-refractivity contribution in [2.24, 2.45) is 0 Å². The number of aliphatic hydroxyl groups is 2. The normalized spacial score (nSPS) is 11.0. The summed E-state index contributed by atoms with van der Waals surface area (Å²) in [7, 11) is 1.47. The summed E-state index contributed by atoms with van der Waals surface area (Å²) in [6, 6.07) is 0. The molecule has 0 rings (SSSR count). The van der Waals surface area contributed by atoms with E-state index in [-0.39, 0.29) is 44.5 Å². The van der Waals surface area contributed by atoms with Gasteiger partial charge in [0.25, 0.3) is 0 Å². The molecule has 0 aliphatic heterocycles. The van der Waals surface area contributed by atoms with E-state index in [4.69, 9.17) is 10.2 Å². The first kappa shape index (κ1) is 16.4. The third-order valence-corrected chi connectivity index (χ3v) is 0.570. The van der Waals surface area contributed by atoms with Crippen LogP contribution in [0.3, 0.4) is 0 Å². The van der Waals surface area contributed by atoms with Crippen LogP contribution in [0.1, 0.15) is 0 Å². The van der Waals surface area contributed by atoms with Crippen molar-refractivity contribution >= 4 is 31.3 Å². The Morgan fingerprint density at radius 2 is 2.00 bits per heavy atom. The van der Waals surface area contributed by atoms with Crippen LogP contribution in [0.15, 0.2) is 0 Å². The summed E-state index contributed by atoms with van der Waals surface area (Å²) in [5.41, 5.74) is 0. The molecule has 54 valence electrons. The van der Waals surface area contributed by atoms with E-state index in [1.165, 1.54) is 7.11 Å². The quantitative estimate of drug-likeness (QED) is 0.495. The van der Waals surface area contributed by atoms with Gasteiger partial charge in [0, 0.05) is 7.11 Å². The maximum atomic E-state index is 8.48. The third kappa shape index (κ3) is 12.1. The zero-order valence-electron chi connectivity index (χ0n) is 4.70. The van der Waals surface area contributed by atoms with Crippen molar-refractivity contribution in [3.05, 3.63) is 0 Å². The molecule has 0 amide bonds. The fourth-order valence-electron chi connectivity index (χ4n) is 0.245. The summed E-state index contributed by atoms with van der Waals surface area (Å²) in [5, 5.41) is 16.6. The second-order valence-electron chi connectivity index (χ2n) is 1.29. The zero-order valence-corrected chi connectivity index (χ0v) is 5.52. The van der Waals surface area contributed by atoms with E-state index in [1.807, 2.05) is 0 Å². The van der Waals surface area contributed by atoms with Gasteiger partial charge in [0.05, 0.1) is 13.2 Å². The maximum absolute atomic E-state index is 8.48. The Hall–Kier alpha value is 0.767. The first-order valence-electron chi connectivity index (χ1n) is 2.09. The molecule has 0 aromatic heterocycles. The molecule has 9 heavy (non-hydrogen) atoms. The molecule has 0 aliphatic carbocycles. The molecule has 0 radical (unpaired) electrons. The molecule has 5 heteroatoms. The first-order chi connectivity index (χ1) is 3.31. The van der Waals surface area contributed by atoms with Crippen LogP contribution >= 0.6 is 12.4 Å². The van der Waals surface area contributed by atoms with Gasteiger partial charge < -0.3 is 14.9 Å². The Balaban J connectivity index is -0.000000180. The zero-order chi connectivity index (χ0) is 5.70. The van der Waals surface area contributed by atoms with Gasteiger partial charge in [-0.1, -0.05) is 0 Å². The van der Waals surface area contributed by atoms with Crippen LogP contribution in [0.4, 0.5) is 0 Å². The number of hydrogen-bond acceptors (Lipinski definition) is 3. The molecule has 0 aromatic carbocycles. The molecule has 1 unspecified atom stereocenters. The Morgan fingerprint density at radius 1 is 1.56 bits per heavy atom. The number of halogens is 1. The predicted molar refractivity (Wildman–Crippen MR) is 39.4 cm³/mol. The number of hydrogen-bond donors (Lipinski definition) is 2. The first-order valence-corrected chi connectivity index (χ1v) is 2.09. The Bertz CT molecular complexity index is 46.8. The van der Waals surface area contributed by atoms with Crippen molar-refractivity contribution in [2.75, 3.05) is 20.3 Å². The van der Waals surface area contributed by atoms with Crippen molar-refractivity contribution in [1.82, 2.24) is 0 Å². The van der Waals surface area contributed by atoms with E-state index in [0.717, 1.165) is 0 Å². The molecule has 0 spiro atoms. The van der Waals surface area contributed by atoms with E-state index in [2.05, 4.69) is 4.74 Å². The second kappa shape index (κ2) is 11.5. The van der Waals surface area contributed by atoms with Gasteiger partial charge in [-0.2, -0.15) is 0 Å². The fourth-order valence-corrected chi connectivity index (χ4v) is 0.245. The van der Waals surface area contributed by atoms with Crippen molar-refractivity contribution in [2.45, 2.75) is 6.10 Å². The van der Waals surface area contributed by atoms with Gasteiger partial charge in [-0.05, 0) is 0 Å². The number of methoxy groups -OCH3 is 1. The molecule has 3 nitrogen and oxygen atoms in total. The molecule has 0 fully saturated rings. The molecular formula is C4H12ClLiO3. The summed E-state index contributed by atoms with van der Waals surface area (Å²) in [4.78, 5) is 0. The van der Waals surface area contributed by atoms with E-state index >= 15 is 0 Å². The number of rotatable bonds is 3. The minimum absolute atomic E-state index is 0. The van der Waals surface area contributed by atoms with E-state index < -0.39 is 6.10 Å². The minimum atomic E-state index is -0.718. The summed E-state index contributed by atoms with van der Waals surface area (Å²) in [6.45, 7) is -0.0235. The van der Waals surface area contributed by atoms with Gasteiger partial charge in [0.1, 0.15) is 6.10 Å². The van der Waals surface area contributed by atoms with Crippen LogP contribution in [0, 0.1) is 0 Å². The Morgan fingerprint density at radius 3 is 2.11 bits per heavy atom. The molecule has 0 heterocycles. The van der Waals surface area contributed by atoms with Crippen molar-refractivity contribution in [3.8, 4) is 0 Å². The SMILES string of the molecule is COCC(O)CO.Cl.[LiH]. The van der Waals surface area contributed by atoms with Crippen LogP contribution in [0.5, 0.6) is 0 Å². The second-order valence-corrected chi connectivity index (χ2v) is 1.29. The van der Waals surface area contributed by atoms with Gasteiger partial charge in [0.15, 0.2) is 0 Å². The van der Waals surface area contributed by atoms with Gasteiger partial charge in [-0.15, -0.1) is 12.4 Å². The topological polar surface area (TPSA) is 49.7 Å². The van der Waals surface area contributed by atoms with E-state index in [1.54, 1.807) is 0 Å². The molecule has 0 aliphatic rings. The Labute approximate surface area is 73.0 Å². The molecule has 0 saturated carbocycles. The average Bonchev–Trinajstić information content (AvgIpc) is 1.68. The predicted octanol–water partition coefficient (Wildman–Crippen LogP) is -1.24. The van der Waals surface area contributed by atoms with Crippen LogP contribution in [0.2, 0.25) is 0 Å². The van der Waals surface area contributed by atoms with Crippen molar-refractivity contribution < 1.29 is 14.9 Å². The van der Waals surface area contributed by atoms with Gasteiger partial charge in [-0.25, -0.2) is 0 Å². The Kier molecular flexibility index (Phi) is 21.0. The van der Waals surface area contributed by atoms with Crippen LogP contribution in [0.25, 0.3) is 0 Å². The molecular weight excluding hydrogens is 138 g/mol. The van der Waals surface area contributed by atoms with Gasteiger partial charge in [0.2, 0.25) is 0 Å². The average molecular weight is 151 g/mol. The van der Waals surface area contributed by atoms with E-state index in [0.29, 0.717) is 0 Å². The summed E-state index contributed by atoms with van der Waals surface area (Å²) < 4.78 is 4.48. The van der Waals surface area contributed by atoms with Crippen molar-refractivity contribution in [3.63, 3.8) is 0 Å². The number of ether oxygens (including phenoxy) is 1. The molecule has 2 N–H and O–H groups in total. The molecule has 0 saturated heterocycles. The van der Waals surface area contributed by atoms with Crippen LogP contribution in [-0.2, 0) is 4.74 Å². The third-order valence-electron chi connectivity index (χ3n) is 0.570.